The van der Waals surface area contributed by atoms with Gasteiger partial charge in [-0.2, -0.15) is 0 Å². The predicted molar refractivity (Wildman–Crippen MR) is 78.2 cm³/mol. The topological polar surface area (TPSA) is 23.6 Å². The number of hydrogen-bond donors (Lipinski definition) is 0. The van der Waals surface area contributed by atoms with Gasteiger partial charge in [-0.05, 0) is 25.5 Å². The summed E-state index contributed by atoms with van der Waals surface area (Å²) in [5.41, 5.74) is 1.40. The van der Waals surface area contributed by atoms with Crippen LogP contribution in [0.4, 0.5) is 0 Å². The lowest BCUT2D eigenvalue weighted by Gasteiger charge is -2.38. The monoisotopic (exact) mass is 260 g/mol. The maximum atomic E-state index is 10.3. The number of carbonyl (C=O) groups is 1. The minimum absolute atomic E-state index is 0.498. The lowest BCUT2D eigenvalue weighted by Crippen LogP contribution is -2.47. The predicted octanol–water partition coefficient (Wildman–Crippen LogP) is 2.34. The first-order valence-electron chi connectivity index (χ1n) is 7.26. The Bertz CT molecular complexity index is 372. The molecule has 1 aromatic rings. The van der Waals surface area contributed by atoms with Gasteiger partial charge >= 0.3 is 0 Å². The zero-order chi connectivity index (χ0) is 13.5. The molecule has 2 rings (SSSR count). The van der Waals surface area contributed by atoms with Crippen molar-refractivity contribution in [3.63, 3.8) is 0 Å². The van der Waals surface area contributed by atoms with Crippen LogP contribution in [0.3, 0.4) is 0 Å². The Labute approximate surface area is 116 Å². The molecule has 0 bridgehead atoms. The number of nitrogens with zero attached hydrogens (tertiary/aromatic N) is 2. The van der Waals surface area contributed by atoms with E-state index in [2.05, 4.69) is 47.1 Å². The largest absolute Gasteiger partial charge is 0.303 e. The Hall–Kier alpha value is -1.19. The molecule has 1 atom stereocenters. The van der Waals surface area contributed by atoms with Gasteiger partial charge in [-0.25, -0.2) is 0 Å². The molecule has 0 aliphatic carbocycles. The number of carbonyl (C=O) groups excluding carboxylic acids is 1. The fraction of sp³-hybridized carbons (Fsp3) is 0.562. The second-order valence-corrected chi connectivity index (χ2v) is 5.27. The molecule has 1 heterocycles. The van der Waals surface area contributed by atoms with Crippen LogP contribution in [-0.4, -0.2) is 48.8 Å². The molecule has 3 heteroatoms. The normalized spacial score (nSPS) is 19.2. The quantitative estimate of drug-likeness (QED) is 0.579. The molecule has 0 saturated carbocycles. The third kappa shape index (κ3) is 4.15. The Morgan fingerprint density at radius 2 is 1.84 bits per heavy atom. The number of rotatable bonds is 6. The second-order valence-electron chi connectivity index (χ2n) is 5.27. The number of hydrogen-bond acceptors (Lipinski definition) is 3. The molecule has 3 nitrogen and oxygen atoms in total. The molecule has 0 spiro atoms. The van der Waals surface area contributed by atoms with Crippen LogP contribution in [0.15, 0.2) is 30.3 Å². The van der Waals surface area contributed by atoms with Gasteiger partial charge in [0.05, 0.1) is 0 Å². The number of unbranched alkanes of at least 4 members (excludes halogenated alkanes) is 1. The van der Waals surface area contributed by atoms with Crippen LogP contribution >= 0.6 is 0 Å². The molecule has 0 N–H and O–H groups in total. The molecule has 1 saturated heterocycles. The molecular formula is C16H24N2O. The van der Waals surface area contributed by atoms with Gasteiger partial charge in [-0.3, -0.25) is 4.90 Å². The van der Waals surface area contributed by atoms with Crippen LogP contribution in [0.2, 0.25) is 0 Å². The Kier molecular flexibility index (Phi) is 5.55. The highest BCUT2D eigenvalue weighted by molar-refractivity contribution is 5.49. The second kappa shape index (κ2) is 7.41. The molecule has 0 radical (unpaired) electrons. The van der Waals surface area contributed by atoms with E-state index in [4.69, 9.17) is 0 Å². The van der Waals surface area contributed by atoms with Crippen molar-refractivity contribution in [1.82, 2.24) is 9.80 Å². The minimum atomic E-state index is 0.498. The lowest BCUT2D eigenvalue weighted by molar-refractivity contribution is -0.108. The van der Waals surface area contributed by atoms with E-state index < -0.39 is 0 Å². The van der Waals surface area contributed by atoms with E-state index >= 15 is 0 Å². The first-order chi connectivity index (χ1) is 9.31. The average Bonchev–Trinajstić information content (AvgIpc) is 2.48. The third-order valence-electron chi connectivity index (χ3n) is 4.03. The fourth-order valence-corrected chi connectivity index (χ4v) is 2.71. The Morgan fingerprint density at radius 1 is 1.16 bits per heavy atom. The van der Waals surface area contributed by atoms with Crippen molar-refractivity contribution in [2.75, 3.05) is 32.7 Å². The standard InChI is InChI=1S/C16H24N2O/c1-15(16-7-3-2-4-8-16)18-12-10-17(11-13-18)9-5-6-14-19/h2-4,7-8,14-15H,5-6,9-13H2,1H3. The zero-order valence-electron chi connectivity index (χ0n) is 11.8. The van der Waals surface area contributed by atoms with Crippen molar-refractivity contribution in [2.24, 2.45) is 0 Å². The molecule has 1 aliphatic rings. The molecule has 1 aromatic carbocycles. The van der Waals surface area contributed by atoms with E-state index in [9.17, 15) is 4.79 Å². The van der Waals surface area contributed by atoms with Crippen LogP contribution in [0, 0.1) is 0 Å². The van der Waals surface area contributed by atoms with Crippen molar-refractivity contribution in [1.29, 1.82) is 0 Å². The summed E-state index contributed by atoms with van der Waals surface area (Å²) in [6, 6.07) is 11.2. The summed E-state index contributed by atoms with van der Waals surface area (Å²) in [4.78, 5) is 15.3. The highest BCUT2D eigenvalue weighted by Gasteiger charge is 2.21. The van der Waals surface area contributed by atoms with Gasteiger partial charge in [0.15, 0.2) is 0 Å². The van der Waals surface area contributed by atoms with Crippen molar-refractivity contribution in [2.45, 2.75) is 25.8 Å². The molecule has 1 fully saturated rings. The minimum Gasteiger partial charge on any atom is -0.303 e. The lowest BCUT2D eigenvalue weighted by atomic mass is 10.1. The van der Waals surface area contributed by atoms with Crippen LogP contribution in [-0.2, 0) is 4.79 Å². The first-order valence-corrected chi connectivity index (χ1v) is 7.26. The van der Waals surface area contributed by atoms with Crippen LogP contribution in [0.1, 0.15) is 31.4 Å². The van der Waals surface area contributed by atoms with Gasteiger partial charge in [0.2, 0.25) is 0 Å². The molecule has 0 amide bonds. The van der Waals surface area contributed by atoms with Gasteiger partial charge in [0.25, 0.3) is 0 Å². The van der Waals surface area contributed by atoms with Gasteiger partial charge in [0, 0.05) is 38.6 Å². The highest BCUT2D eigenvalue weighted by atomic mass is 16.1. The van der Waals surface area contributed by atoms with E-state index in [1.807, 2.05) is 0 Å². The zero-order valence-corrected chi connectivity index (χ0v) is 11.8. The van der Waals surface area contributed by atoms with Crippen molar-refractivity contribution in [3.05, 3.63) is 35.9 Å². The molecule has 19 heavy (non-hydrogen) atoms. The summed E-state index contributed by atoms with van der Waals surface area (Å²) in [5, 5.41) is 0. The summed E-state index contributed by atoms with van der Waals surface area (Å²) in [6.45, 7) is 7.84. The fourth-order valence-electron chi connectivity index (χ4n) is 2.71. The van der Waals surface area contributed by atoms with Gasteiger partial charge < -0.3 is 9.69 Å². The number of benzene rings is 1. The molecule has 0 aromatic heterocycles. The average molecular weight is 260 g/mol. The smallest absolute Gasteiger partial charge is 0.120 e. The summed E-state index contributed by atoms with van der Waals surface area (Å²) in [6.07, 6.45) is 2.71. The van der Waals surface area contributed by atoms with Gasteiger partial charge in [-0.1, -0.05) is 30.3 Å². The van der Waals surface area contributed by atoms with E-state index in [0.29, 0.717) is 12.5 Å². The van der Waals surface area contributed by atoms with Crippen molar-refractivity contribution in [3.8, 4) is 0 Å². The van der Waals surface area contributed by atoms with Crippen molar-refractivity contribution >= 4 is 6.29 Å². The Morgan fingerprint density at radius 3 is 2.47 bits per heavy atom. The first kappa shape index (κ1) is 14.2. The maximum Gasteiger partial charge on any atom is 0.120 e. The summed E-state index contributed by atoms with van der Waals surface area (Å²) in [5.74, 6) is 0. The summed E-state index contributed by atoms with van der Waals surface area (Å²) < 4.78 is 0. The highest BCUT2D eigenvalue weighted by Crippen LogP contribution is 2.21. The van der Waals surface area contributed by atoms with Gasteiger partial charge in [0.1, 0.15) is 6.29 Å². The molecule has 1 unspecified atom stereocenters. The van der Waals surface area contributed by atoms with Crippen LogP contribution in [0.25, 0.3) is 0 Å². The molecular weight excluding hydrogens is 236 g/mol. The SMILES string of the molecule is CC(c1ccccc1)N1CCN(CCCC=O)CC1. The molecule has 104 valence electrons. The number of piperazine rings is 1. The summed E-state index contributed by atoms with van der Waals surface area (Å²) in [7, 11) is 0. The van der Waals surface area contributed by atoms with Crippen molar-refractivity contribution < 1.29 is 4.79 Å². The summed E-state index contributed by atoms with van der Waals surface area (Å²) >= 11 is 0. The maximum absolute atomic E-state index is 10.3. The van der Waals surface area contributed by atoms with E-state index in [-0.39, 0.29) is 0 Å². The molecule has 1 aliphatic heterocycles. The van der Waals surface area contributed by atoms with E-state index in [1.54, 1.807) is 0 Å². The van der Waals surface area contributed by atoms with Crippen LogP contribution < -0.4 is 0 Å². The number of aldehydes is 1. The Balaban J connectivity index is 1.78. The third-order valence-corrected chi connectivity index (χ3v) is 4.03. The van der Waals surface area contributed by atoms with Gasteiger partial charge in [-0.15, -0.1) is 0 Å². The van der Waals surface area contributed by atoms with E-state index in [1.165, 1.54) is 5.56 Å². The van der Waals surface area contributed by atoms with Crippen LogP contribution in [0.5, 0.6) is 0 Å². The van der Waals surface area contributed by atoms with E-state index in [0.717, 1.165) is 45.4 Å².